The molecule has 2 saturated carbocycles. The van der Waals surface area contributed by atoms with Crippen LogP contribution in [-0.2, 0) is 9.53 Å². The molecule has 6 nitrogen and oxygen atoms in total. The Morgan fingerprint density at radius 1 is 1.14 bits per heavy atom. The monoisotopic (exact) mass is 484 g/mol. The Kier molecular flexibility index (Phi) is 8.36. The van der Waals surface area contributed by atoms with E-state index in [0.29, 0.717) is 23.8 Å². The predicted molar refractivity (Wildman–Crippen MR) is 141 cm³/mol. The van der Waals surface area contributed by atoms with Crippen LogP contribution in [0.3, 0.4) is 0 Å². The first-order chi connectivity index (χ1) is 17.1. The van der Waals surface area contributed by atoms with Crippen LogP contribution in [0.5, 0.6) is 0 Å². The van der Waals surface area contributed by atoms with Gasteiger partial charge in [0.1, 0.15) is 0 Å². The molecule has 5 rings (SSSR count). The van der Waals surface area contributed by atoms with Crippen LogP contribution in [-0.4, -0.2) is 73.5 Å². The van der Waals surface area contributed by atoms with E-state index in [1.807, 2.05) is 6.34 Å². The van der Waals surface area contributed by atoms with Gasteiger partial charge < -0.3 is 19.9 Å². The number of allylic oxidation sites excluding steroid dienone is 1. The molecule has 1 saturated heterocycles. The van der Waals surface area contributed by atoms with Gasteiger partial charge in [0, 0.05) is 50.3 Å². The summed E-state index contributed by atoms with van der Waals surface area (Å²) in [5, 5.41) is 3.44. The Balaban J connectivity index is 1.34. The first kappa shape index (κ1) is 25.1. The summed E-state index contributed by atoms with van der Waals surface area (Å²) >= 11 is 0. The van der Waals surface area contributed by atoms with Crippen molar-refractivity contribution in [3.63, 3.8) is 0 Å². The van der Waals surface area contributed by atoms with Gasteiger partial charge in [0.25, 0.3) is 0 Å². The van der Waals surface area contributed by atoms with E-state index >= 15 is 0 Å². The molecule has 3 fully saturated rings. The average Bonchev–Trinajstić information content (AvgIpc) is 3.33. The van der Waals surface area contributed by atoms with Crippen molar-refractivity contribution >= 4 is 12.2 Å². The Morgan fingerprint density at radius 3 is 2.77 bits per heavy atom. The molecule has 0 bridgehead atoms. The Morgan fingerprint density at radius 2 is 2.00 bits per heavy atom. The number of fused-ring (bicyclic) bond motifs is 1. The number of nitrogens with one attached hydrogen (secondary N) is 1. The van der Waals surface area contributed by atoms with Crippen LogP contribution in [0.1, 0.15) is 78.1 Å². The minimum absolute atomic E-state index is 0.136. The number of nitrogens with zero attached hydrogens (tertiary/aromatic N) is 3. The molecule has 0 aromatic heterocycles. The third kappa shape index (κ3) is 5.73. The molecule has 196 valence electrons. The van der Waals surface area contributed by atoms with Gasteiger partial charge >= 0.3 is 0 Å². The third-order valence-corrected chi connectivity index (χ3v) is 9.82. The molecule has 3 aliphatic carbocycles. The van der Waals surface area contributed by atoms with Crippen LogP contribution >= 0.6 is 0 Å². The Labute approximate surface area is 212 Å². The molecular formula is C29H48N4O2. The first-order valence-electron chi connectivity index (χ1n) is 14.7. The van der Waals surface area contributed by atoms with Gasteiger partial charge in [-0.25, -0.2) is 0 Å². The molecule has 0 radical (unpaired) electrons. The van der Waals surface area contributed by atoms with Gasteiger partial charge in [-0.3, -0.25) is 9.79 Å². The topological polar surface area (TPSA) is 57.2 Å². The van der Waals surface area contributed by atoms with E-state index < -0.39 is 0 Å². The van der Waals surface area contributed by atoms with Crippen LogP contribution in [0.2, 0.25) is 0 Å². The molecule has 35 heavy (non-hydrogen) atoms. The average molecular weight is 485 g/mol. The summed E-state index contributed by atoms with van der Waals surface area (Å²) in [4.78, 5) is 23.2. The maximum Gasteiger partial charge on any atom is 0.225 e. The summed E-state index contributed by atoms with van der Waals surface area (Å²) < 4.78 is 5.94. The van der Waals surface area contributed by atoms with E-state index in [2.05, 4.69) is 40.0 Å². The maximum absolute atomic E-state index is 13.9. The summed E-state index contributed by atoms with van der Waals surface area (Å²) in [6.07, 6.45) is 17.1. The lowest BCUT2D eigenvalue weighted by atomic mass is 9.66. The Bertz CT molecular complexity index is 767. The fraction of sp³-hybridized carbons (Fsp3) is 0.862. The number of hydrogen-bond acceptors (Lipinski definition) is 5. The van der Waals surface area contributed by atoms with Gasteiger partial charge in [-0.05, 0) is 50.4 Å². The number of aliphatic imine (C=N–C) groups is 1. The van der Waals surface area contributed by atoms with Crippen molar-refractivity contribution in [2.45, 2.75) is 90.2 Å². The van der Waals surface area contributed by atoms with E-state index in [4.69, 9.17) is 4.74 Å². The molecule has 2 heterocycles. The van der Waals surface area contributed by atoms with E-state index in [9.17, 15) is 4.79 Å². The van der Waals surface area contributed by atoms with Crippen molar-refractivity contribution < 1.29 is 9.53 Å². The number of ether oxygens (including phenoxy) is 1. The van der Waals surface area contributed by atoms with Crippen LogP contribution in [0.25, 0.3) is 0 Å². The molecule has 1 N–H and O–H groups in total. The van der Waals surface area contributed by atoms with Crippen LogP contribution in [0.15, 0.2) is 16.8 Å². The van der Waals surface area contributed by atoms with Crippen molar-refractivity contribution in [1.82, 2.24) is 15.1 Å². The molecule has 6 atom stereocenters. The zero-order valence-corrected chi connectivity index (χ0v) is 22.2. The highest BCUT2D eigenvalue weighted by Crippen LogP contribution is 2.45. The maximum atomic E-state index is 13.9. The van der Waals surface area contributed by atoms with Crippen molar-refractivity contribution in [3.05, 3.63) is 11.8 Å². The van der Waals surface area contributed by atoms with E-state index in [0.717, 1.165) is 76.8 Å². The second kappa shape index (κ2) is 11.7. The van der Waals surface area contributed by atoms with Crippen molar-refractivity contribution in [1.29, 1.82) is 0 Å². The lowest BCUT2D eigenvalue weighted by Crippen LogP contribution is -2.44. The van der Waals surface area contributed by atoms with E-state index in [1.54, 1.807) is 0 Å². The molecule has 0 aromatic rings. The number of amides is 1. The lowest BCUT2D eigenvalue weighted by Gasteiger charge is -2.44. The smallest absolute Gasteiger partial charge is 0.225 e. The van der Waals surface area contributed by atoms with E-state index in [-0.39, 0.29) is 12.0 Å². The number of carbonyl (C=O) groups excluding carboxylic acids is 1. The summed E-state index contributed by atoms with van der Waals surface area (Å²) in [5.41, 5.74) is 1.52. The normalized spacial score (nSPS) is 36.3. The highest BCUT2D eigenvalue weighted by Gasteiger charge is 2.42. The summed E-state index contributed by atoms with van der Waals surface area (Å²) in [6.45, 7) is 9.85. The van der Waals surface area contributed by atoms with Gasteiger partial charge in [-0.15, -0.1) is 0 Å². The standard InChI is InChI=1S/C29H48N4O2/c1-3-35-25-11-7-10-23(16-25)29(34)33-15-14-32(18-24-17-30-20-31-24)28-13-12-26(21(2)27(28)19-33)22-8-5-4-6-9-22/h13,20-27H,3-12,14-19H2,1-2H3,(H,30,31). The molecule has 6 unspecified atom stereocenters. The third-order valence-electron chi connectivity index (χ3n) is 9.82. The Hall–Kier alpha value is -1.56. The summed E-state index contributed by atoms with van der Waals surface area (Å²) in [7, 11) is 0. The molecular weight excluding hydrogens is 436 g/mol. The fourth-order valence-electron chi connectivity index (χ4n) is 7.88. The number of hydrogen-bond donors (Lipinski definition) is 1. The quantitative estimate of drug-likeness (QED) is 0.605. The van der Waals surface area contributed by atoms with Gasteiger partial charge in [0.15, 0.2) is 0 Å². The van der Waals surface area contributed by atoms with Gasteiger partial charge in [-0.2, -0.15) is 0 Å². The van der Waals surface area contributed by atoms with Gasteiger partial charge in [0.05, 0.1) is 25.0 Å². The molecule has 1 amide bonds. The highest BCUT2D eigenvalue weighted by atomic mass is 16.5. The van der Waals surface area contributed by atoms with Crippen molar-refractivity contribution in [3.8, 4) is 0 Å². The SMILES string of the molecule is CCOC1CCCC(C(=O)N2CCN(CC3CN=CN3)C3=CCC(C4CCCCC4)C(C)C3C2)C1. The summed E-state index contributed by atoms with van der Waals surface area (Å²) in [5.74, 6) is 3.25. The minimum Gasteiger partial charge on any atom is -0.378 e. The number of rotatable bonds is 6. The van der Waals surface area contributed by atoms with Crippen LogP contribution in [0, 0.1) is 29.6 Å². The minimum atomic E-state index is 0.136. The summed E-state index contributed by atoms with van der Waals surface area (Å²) in [6, 6.07) is 0.385. The number of carbonyl (C=O) groups is 1. The molecule has 6 heteroatoms. The van der Waals surface area contributed by atoms with E-state index in [1.165, 1.54) is 44.2 Å². The van der Waals surface area contributed by atoms with Gasteiger partial charge in [-0.1, -0.05) is 51.5 Å². The molecule has 2 aliphatic heterocycles. The van der Waals surface area contributed by atoms with Crippen LogP contribution in [0.4, 0.5) is 0 Å². The van der Waals surface area contributed by atoms with Crippen LogP contribution < -0.4 is 5.32 Å². The van der Waals surface area contributed by atoms with Crippen molar-refractivity contribution in [2.75, 3.05) is 39.3 Å². The zero-order chi connectivity index (χ0) is 24.2. The zero-order valence-electron chi connectivity index (χ0n) is 22.2. The fourth-order valence-corrected chi connectivity index (χ4v) is 7.88. The lowest BCUT2D eigenvalue weighted by molar-refractivity contribution is -0.139. The second-order valence-corrected chi connectivity index (χ2v) is 11.9. The highest BCUT2D eigenvalue weighted by molar-refractivity contribution is 5.79. The molecule has 0 spiro atoms. The second-order valence-electron chi connectivity index (χ2n) is 11.9. The molecule has 5 aliphatic rings. The molecule has 0 aromatic carbocycles. The predicted octanol–water partition coefficient (Wildman–Crippen LogP) is 4.46. The van der Waals surface area contributed by atoms with Crippen molar-refractivity contribution in [2.24, 2.45) is 34.6 Å². The first-order valence-corrected chi connectivity index (χ1v) is 14.7. The largest absolute Gasteiger partial charge is 0.378 e. The van der Waals surface area contributed by atoms with Gasteiger partial charge in [0.2, 0.25) is 5.91 Å².